The van der Waals surface area contributed by atoms with Crippen LogP contribution in [-0.2, 0) is 10.3 Å². The summed E-state index contributed by atoms with van der Waals surface area (Å²) in [6.45, 7) is 4.82. The summed E-state index contributed by atoms with van der Waals surface area (Å²) >= 11 is 0. The molecule has 18 heavy (non-hydrogen) atoms. The molecule has 2 aliphatic heterocycles. The van der Waals surface area contributed by atoms with Crippen LogP contribution < -0.4 is 5.32 Å². The Balaban J connectivity index is 1.75. The fourth-order valence-electron chi connectivity index (χ4n) is 2.82. The highest BCUT2D eigenvalue weighted by Gasteiger charge is 2.34. The molecule has 1 atom stereocenters. The van der Waals surface area contributed by atoms with Crippen molar-refractivity contribution >= 4 is 0 Å². The first-order valence-electron chi connectivity index (χ1n) is 6.95. The van der Waals surface area contributed by atoms with E-state index < -0.39 is 0 Å². The maximum atomic E-state index is 5.47. The predicted octanol–water partition coefficient (Wildman–Crippen LogP) is 1.95. The van der Waals surface area contributed by atoms with Crippen LogP contribution >= 0.6 is 0 Å². The molecular formula is C13H21N3O2. The monoisotopic (exact) mass is 251 g/mol. The molecule has 0 aromatic carbocycles. The normalized spacial score (nSPS) is 30.5. The van der Waals surface area contributed by atoms with Gasteiger partial charge >= 0.3 is 0 Å². The van der Waals surface area contributed by atoms with Crippen LogP contribution in [0.4, 0.5) is 0 Å². The van der Waals surface area contributed by atoms with Crippen molar-refractivity contribution in [3.63, 3.8) is 0 Å². The van der Waals surface area contributed by atoms with Gasteiger partial charge in [0.15, 0.2) is 5.82 Å². The first kappa shape index (κ1) is 12.1. The van der Waals surface area contributed by atoms with E-state index in [9.17, 15) is 0 Å². The molecule has 0 aliphatic carbocycles. The number of nitrogens with zero attached hydrogens (tertiary/aromatic N) is 2. The number of ether oxygens (including phenoxy) is 1. The van der Waals surface area contributed by atoms with Crippen molar-refractivity contribution in [1.82, 2.24) is 15.5 Å². The Morgan fingerprint density at radius 3 is 2.83 bits per heavy atom. The summed E-state index contributed by atoms with van der Waals surface area (Å²) in [5, 5.41) is 7.72. The lowest BCUT2D eigenvalue weighted by Crippen LogP contribution is -2.44. The van der Waals surface area contributed by atoms with Gasteiger partial charge in [0.25, 0.3) is 0 Å². The lowest BCUT2D eigenvalue weighted by Gasteiger charge is -2.31. The summed E-state index contributed by atoms with van der Waals surface area (Å²) < 4.78 is 10.8. The molecular weight excluding hydrogens is 230 g/mol. The summed E-state index contributed by atoms with van der Waals surface area (Å²) in [6, 6.07) is 0. The van der Waals surface area contributed by atoms with Crippen molar-refractivity contribution < 1.29 is 9.26 Å². The topological polar surface area (TPSA) is 60.2 Å². The minimum atomic E-state index is -0.106. The molecule has 2 saturated heterocycles. The Morgan fingerprint density at radius 2 is 2.11 bits per heavy atom. The molecule has 3 heterocycles. The van der Waals surface area contributed by atoms with Crippen molar-refractivity contribution in [3.05, 3.63) is 11.7 Å². The molecule has 1 aromatic heterocycles. The first-order chi connectivity index (χ1) is 8.78. The zero-order valence-corrected chi connectivity index (χ0v) is 10.9. The van der Waals surface area contributed by atoms with Gasteiger partial charge < -0.3 is 14.6 Å². The molecule has 100 valence electrons. The standard InChI is InChI=1S/C13H21N3O2/c1-13(6-2-3-7-14-13)12-15-11(18-16-12)10-4-8-17-9-5-10/h10,14H,2-9H2,1H3. The predicted molar refractivity (Wildman–Crippen MR) is 66.3 cm³/mol. The fourth-order valence-corrected chi connectivity index (χ4v) is 2.82. The molecule has 0 saturated carbocycles. The molecule has 1 unspecified atom stereocenters. The van der Waals surface area contributed by atoms with Crippen molar-refractivity contribution in [2.24, 2.45) is 0 Å². The molecule has 2 aliphatic rings. The average molecular weight is 251 g/mol. The lowest BCUT2D eigenvalue weighted by atomic mass is 9.90. The summed E-state index contributed by atoms with van der Waals surface area (Å²) in [4.78, 5) is 4.63. The van der Waals surface area contributed by atoms with E-state index in [1.165, 1.54) is 12.8 Å². The summed E-state index contributed by atoms with van der Waals surface area (Å²) in [7, 11) is 0. The van der Waals surface area contributed by atoms with Crippen LogP contribution in [0.3, 0.4) is 0 Å². The van der Waals surface area contributed by atoms with Gasteiger partial charge in [-0.05, 0) is 45.6 Å². The zero-order chi connectivity index (χ0) is 12.4. The molecule has 5 nitrogen and oxygen atoms in total. The third-order valence-corrected chi connectivity index (χ3v) is 4.12. The highest BCUT2D eigenvalue weighted by molar-refractivity contribution is 5.06. The molecule has 1 aromatic rings. The third-order valence-electron chi connectivity index (χ3n) is 4.12. The number of hydrogen-bond donors (Lipinski definition) is 1. The second kappa shape index (κ2) is 4.97. The average Bonchev–Trinajstić information content (AvgIpc) is 2.91. The Bertz CT molecular complexity index is 393. The first-order valence-corrected chi connectivity index (χ1v) is 6.95. The van der Waals surface area contributed by atoms with Gasteiger partial charge in [-0.15, -0.1) is 0 Å². The van der Waals surface area contributed by atoms with Gasteiger partial charge in [-0.2, -0.15) is 4.98 Å². The second-order valence-electron chi connectivity index (χ2n) is 5.56. The van der Waals surface area contributed by atoms with Crippen molar-refractivity contribution in [1.29, 1.82) is 0 Å². The minimum absolute atomic E-state index is 0.106. The van der Waals surface area contributed by atoms with E-state index in [2.05, 4.69) is 22.4 Å². The summed E-state index contributed by atoms with van der Waals surface area (Å²) in [5.41, 5.74) is -0.106. The Morgan fingerprint density at radius 1 is 1.28 bits per heavy atom. The second-order valence-corrected chi connectivity index (χ2v) is 5.56. The molecule has 0 radical (unpaired) electrons. The highest BCUT2D eigenvalue weighted by Crippen LogP contribution is 2.31. The van der Waals surface area contributed by atoms with Gasteiger partial charge in [0.1, 0.15) is 0 Å². The zero-order valence-electron chi connectivity index (χ0n) is 10.9. The van der Waals surface area contributed by atoms with E-state index in [1.54, 1.807) is 0 Å². The number of aromatic nitrogens is 2. The van der Waals surface area contributed by atoms with E-state index >= 15 is 0 Å². The molecule has 2 fully saturated rings. The van der Waals surface area contributed by atoms with Crippen LogP contribution in [0.2, 0.25) is 0 Å². The minimum Gasteiger partial charge on any atom is -0.381 e. The van der Waals surface area contributed by atoms with Crippen LogP contribution in [0.15, 0.2) is 4.52 Å². The van der Waals surface area contributed by atoms with Crippen LogP contribution in [0.5, 0.6) is 0 Å². The molecule has 0 spiro atoms. The number of nitrogens with one attached hydrogen (secondary N) is 1. The van der Waals surface area contributed by atoms with E-state index in [0.717, 1.165) is 50.7 Å². The quantitative estimate of drug-likeness (QED) is 0.870. The van der Waals surface area contributed by atoms with E-state index in [4.69, 9.17) is 9.26 Å². The third kappa shape index (κ3) is 2.29. The maximum Gasteiger partial charge on any atom is 0.230 e. The molecule has 3 rings (SSSR count). The molecule has 1 N–H and O–H groups in total. The van der Waals surface area contributed by atoms with Gasteiger partial charge in [0, 0.05) is 19.1 Å². The van der Waals surface area contributed by atoms with Crippen molar-refractivity contribution in [3.8, 4) is 0 Å². The summed E-state index contributed by atoms with van der Waals surface area (Å²) in [5.74, 6) is 2.00. The Labute approximate surface area is 107 Å². The van der Waals surface area contributed by atoms with Crippen molar-refractivity contribution in [2.75, 3.05) is 19.8 Å². The maximum absolute atomic E-state index is 5.47. The summed E-state index contributed by atoms with van der Waals surface area (Å²) in [6.07, 6.45) is 5.53. The van der Waals surface area contributed by atoms with Crippen LogP contribution in [0.1, 0.15) is 56.7 Å². The van der Waals surface area contributed by atoms with E-state index in [1.807, 2.05) is 0 Å². The SMILES string of the molecule is CC1(c2noc(C3CCOCC3)n2)CCCCN1. The van der Waals surface area contributed by atoms with Crippen LogP contribution in [0, 0.1) is 0 Å². The van der Waals surface area contributed by atoms with Gasteiger partial charge in [-0.1, -0.05) is 5.16 Å². The molecule has 0 bridgehead atoms. The van der Waals surface area contributed by atoms with Crippen LogP contribution in [0.25, 0.3) is 0 Å². The molecule has 0 amide bonds. The Hall–Kier alpha value is -0.940. The van der Waals surface area contributed by atoms with E-state index in [0.29, 0.717) is 5.92 Å². The van der Waals surface area contributed by atoms with Gasteiger partial charge in [-0.3, -0.25) is 0 Å². The largest absolute Gasteiger partial charge is 0.381 e. The van der Waals surface area contributed by atoms with Gasteiger partial charge in [0.05, 0.1) is 5.54 Å². The number of hydrogen-bond acceptors (Lipinski definition) is 5. The van der Waals surface area contributed by atoms with Gasteiger partial charge in [0.2, 0.25) is 5.89 Å². The highest BCUT2D eigenvalue weighted by atomic mass is 16.5. The Kier molecular flexibility index (Phi) is 3.35. The number of piperidine rings is 1. The smallest absolute Gasteiger partial charge is 0.230 e. The fraction of sp³-hybridized carbons (Fsp3) is 0.846. The van der Waals surface area contributed by atoms with E-state index in [-0.39, 0.29) is 5.54 Å². The van der Waals surface area contributed by atoms with Crippen LogP contribution in [-0.4, -0.2) is 29.9 Å². The molecule has 5 heteroatoms. The van der Waals surface area contributed by atoms with Crippen molar-refractivity contribution in [2.45, 2.75) is 50.5 Å². The number of rotatable bonds is 2. The van der Waals surface area contributed by atoms with Gasteiger partial charge in [-0.25, -0.2) is 0 Å². The lowest BCUT2D eigenvalue weighted by molar-refractivity contribution is 0.0778.